The van der Waals surface area contributed by atoms with Gasteiger partial charge in [-0.05, 0) is 26.0 Å². The number of carbonyl (C=O) groups is 2. The van der Waals surface area contributed by atoms with E-state index >= 15 is 0 Å². The Hall–Kier alpha value is -2.39. The maximum Gasteiger partial charge on any atom is 0.238 e. The second kappa shape index (κ2) is 7.92. The summed E-state index contributed by atoms with van der Waals surface area (Å²) in [4.78, 5) is 32.3. The monoisotopic (exact) mass is 401 g/mol. The average Bonchev–Trinajstić information content (AvgIpc) is 2.99. The van der Waals surface area contributed by atoms with Crippen molar-refractivity contribution in [2.75, 3.05) is 25.0 Å². The van der Waals surface area contributed by atoms with Crippen molar-refractivity contribution in [2.24, 2.45) is 0 Å². The Balaban J connectivity index is 1.37. The Morgan fingerprint density at radius 2 is 2.18 bits per heavy atom. The van der Waals surface area contributed by atoms with Crippen LogP contribution >= 0.6 is 11.8 Å². The second-order valence-corrected chi connectivity index (χ2v) is 8.26. The summed E-state index contributed by atoms with van der Waals surface area (Å²) in [7, 11) is 0. The van der Waals surface area contributed by atoms with Gasteiger partial charge in [0.2, 0.25) is 11.8 Å². The summed E-state index contributed by atoms with van der Waals surface area (Å²) >= 11 is 1.45. The summed E-state index contributed by atoms with van der Waals surface area (Å²) in [6, 6.07) is 7.66. The number of fused-ring (bicyclic) bond motifs is 1. The van der Waals surface area contributed by atoms with Gasteiger partial charge in [-0.25, -0.2) is 9.67 Å². The molecular formula is C19H23N5O3S. The first-order chi connectivity index (χ1) is 13.5. The van der Waals surface area contributed by atoms with E-state index in [1.807, 2.05) is 42.8 Å². The molecule has 1 aromatic heterocycles. The third kappa shape index (κ3) is 4.05. The topological polar surface area (TPSA) is 89.4 Å². The number of benzene rings is 1. The van der Waals surface area contributed by atoms with Gasteiger partial charge in [-0.3, -0.25) is 9.59 Å². The normalized spacial score (nSPS) is 21.9. The lowest BCUT2D eigenvalue weighted by atomic mass is 10.2. The predicted molar refractivity (Wildman–Crippen MR) is 105 cm³/mol. The van der Waals surface area contributed by atoms with Gasteiger partial charge in [-0.2, -0.15) is 5.10 Å². The zero-order valence-electron chi connectivity index (χ0n) is 15.9. The number of aryl methyl sites for hydroxylation is 2. The lowest BCUT2D eigenvalue weighted by Crippen LogP contribution is -2.48. The number of nitrogens with one attached hydrogen (secondary N) is 1. The van der Waals surface area contributed by atoms with Crippen LogP contribution in [0.15, 0.2) is 29.2 Å². The van der Waals surface area contributed by atoms with Gasteiger partial charge < -0.3 is 15.0 Å². The molecule has 148 valence electrons. The molecule has 2 aliphatic heterocycles. The van der Waals surface area contributed by atoms with Crippen molar-refractivity contribution in [3.8, 4) is 0 Å². The first kappa shape index (κ1) is 18.9. The number of nitrogens with zero attached hydrogens (tertiary/aromatic N) is 4. The third-order valence-corrected chi connectivity index (χ3v) is 6.17. The summed E-state index contributed by atoms with van der Waals surface area (Å²) in [5.41, 5.74) is 0.811. The first-order valence-corrected chi connectivity index (χ1v) is 10.2. The first-order valence-electron chi connectivity index (χ1n) is 9.33. The van der Waals surface area contributed by atoms with Crippen LogP contribution in [0.25, 0.3) is 0 Å². The molecule has 1 saturated heterocycles. The molecule has 1 N–H and O–H groups in total. The molecule has 1 fully saturated rings. The highest BCUT2D eigenvalue weighted by atomic mass is 32.2. The fourth-order valence-electron chi connectivity index (χ4n) is 3.50. The number of para-hydroxylation sites is 1. The van der Waals surface area contributed by atoms with Crippen molar-refractivity contribution in [2.45, 2.75) is 43.1 Å². The molecule has 2 aromatic rings. The maximum atomic E-state index is 12.8. The maximum absolute atomic E-state index is 12.8. The molecule has 2 amide bonds. The molecule has 1 aromatic carbocycles. The number of hydrogen-bond donors (Lipinski definition) is 1. The Labute approximate surface area is 167 Å². The number of morpholine rings is 1. The van der Waals surface area contributed by atoms with Crippen molar-refractivity contribution < 1.29 is 14.3 Å². The second-order valence-electron chi connectivity index (χ2n) is 7.02. The number of rotatable bonds is 4. The quantitative estimate of drug-likeness (QED) is 0.838. The summed E-state index contributed by atoms with van der Waals surface area (Å²) in [5.74, 6) is 1.42. The standard InChI is InChI=1S/C19H23N5O3S/c1-12-20-13(2)24(22-12)11-14-10-23(7-8-27-14)18(25)9-17-19(26)21-15-5-3-4-6-16(15)28-17/h3-6,14,17H,7-11H2,1-2H3,(H,21,26)/t14-,17-/m1/s1. The fraction of sp³-hybridized carbons (Fsp3) is 0.474. The number of amides is 2. The highest BCUT2D eigenvalue weighted by molar-refractivity contribution is 8.01. The SMILES string of the molecule is Cc1nc(C)n(C[C@H]2CN(C(=O)C[C@H]3Sc4ccccc4NC3=O)CCO2)n1. The van der Waals surface area contributed by atoms with Crippen molar-refractivity contribution in [1.82, 2.24) is 19.7 Å². The van der Waals surface area contributed by atoms with Gasteiger partial charge >= 0.3 is 0 Å². The molecule has 0 aliphatic carbocycles. The summed E-state index contributed by atoms with van der Waals surface area (Å²) in [6.45, 7) is 5.83. The van der Waals surface area contributed by atoms with Crippen LogP contribution < -0.4 is 5.32 Å². The molecule has 0 unspecified atom stereocenters. The van der Waals surface area contributed by atoms with Gasteiger partial charge in [0, 0.05) is 24.4 Å². The molecule has 0 radical (unpaired) electrons. The van der Waals surface area contributed by atoms with E-state index in [1.165, 1.54) is 11.8 Å². The van der Waals surface area contributed by atoms with Crippen molar-refractivity contribution in [3.05, 3.63) is 35.9 Å². The van der Waals surface area contributed by atoms with Gasteiger partial charge in [0.15, 0.2) is 0 Å². The summed E-state index contributed by atoms with van der Waals surface area (Å²) in [5, 5.41) is 6.85. The minimum Gasteiger partial charge on any atom is -0.373 e. The Kier molecular flexibility index (Phi) is 5.36. The number of thioether (sulfide) groups is 1. The molecular weight excluding hydrogens is 378 g/mol. The minimum absolute atomic E-state index is 0.0215. The van der Waals surface area contributed by atoms with Crippen molar-refractivity contribution >= 4 is 29.3 Å². The molecule has 4 rings (SSSR count). The molecule has 3 heterocycles. The van der Waals surface area contributed by atoms with E-state index in [4.69, 9.17) is 4.74 Å². The van der Waals surface area contributed by atoms with Crippen molar-refractivity contribution in [1.29, 1.82) is 0 Å². The van der Waals surface area contributed by atoms with Crippen LogP contribution in [0.3, 0.4) is 0 Å². The lowest BCUT2D eigenvalue weighted by molar-refractivity contribution is -0.140. The molecule has 9 heteroatoms. The Morgan fingerprint density at radius 1 is 1.36 bits per heavy atom. The van der Waals surface area contributed by atoms with Crippen LogP contribution in [-0.2, 0) is 20.9 Å². The Bertz CT molecular complexity index is 899. The molecule has 0 spiro atoms. The predicted octanol–water partition coefficient (Wildman–Crippen LogP) is 1.63. The van der Waals surface area contributed by atoms with E-state index in [9.17, 15) is 9.59 Å². The molecule has 2 atom stereocenters. The number of carbonyl (C=O) groups excluding carboxylic acids is 2. The third-order valence-electron chi connectivity index (χ3n) is 4.90. The number of aromatic nitrogens is 3. The summed E-state index contributed by atoms with van der Waals surface area (Å²) in [6.07, 6.45) is 0.0463. The van der Waals surface area contributed by atoms with E-state index in [2.05, 4.69) is 15.4 Å². The largest absolute Gasteiger partial charge is 0.373 e. The van der Waals surface area contributed by atoms with E-state index < -0.39 is 5.25 Å². The summed E-state index contributed by atoms with van der Waals surface area (Å²) < 4.78 is 7.63. The van der Waals surface area contributed by atoms with Gasteiger partial charge in [-0.15, -0.1) is 11.8 Å². The number of ether oxygens (including phenoxy) is 1. The van der Waals surface area contributed by atoms with Gasteiger partial charge in [0.25, 0.3) is 0 Å². The molecule has 0 saturated carbocycles. The van der Waals surface area contributed by atoms with E-state index in [-0.39, 0.29) is 24.3 Å². The van der Waals surface area contributed by atoms with Crippen molar-refractivity contribution in [3.63, 3.8) is 0 Å². The van der Waals surface area contributed by atoms with Crippen LogP contribution in [0.4, 0.5) is 5.69 Å². The highest BCUT2D eigenvalue weighted by Gasteiger charge is 2.32. The zero-order chi connectivity index (χ0) is 19.7. The van der Waals surface area contributed by atoms with Gasteiger partial charge in [0.1, 0.15) is 11.6 Å². The van der Waals surface area contributed by atoms with Crippen LogP contribution in [0.2, 0.25) is 0 Å². The molecule has 8 nitrogen and oxygen atoms in total. The van der Waals surface area contributed by atoms with E-state index in [0.29, 0.717) is 26.2 Å². The van der Waals surface area contributed by atoms with Crippen LogP contribution in [0.5, 0.6) is 0 Å². The fourth-order valence-corrected chi connectivity index (χ4v) is 4.60. The average molecular weight is 401 g/mol. The number of hydrogen-bond acceptors (Lipinski definition) is 6. The molecule has 0 bridgehead atoms. The van der Waals surface area contributed by atoms with Crippen LogP contribution in [-0.4, -0.2) is 62.5 Å². The Morgan fingerprint density at radius 3 is 2.96 bits per heavy atom. The van der Waals surface area contributed by atoms with Gasteiger partial charge in [-0.1, -0.05) is 12.1 Å². The van der Waals surface area contributed by atoms with Gasteiger partial charge in [0.05, 0.1) is 30.2 Å². The lowest BCUT2D eigenvalue weighted by Gasteiger charge is -2.34. The van der Waals surface area contributed by atoms with E-state index in [1.54, 1.807) is 4.90 Å². The number of anilines is 1. The van der Waals surface area contributed by atoms with Crippen LogP contribution in [0.1, 0.15) is 18.1 Å². The van der Waals surface area contributed by atoms with Crippen LogP contribution in [0, 0.1) is 13.8 Å². The highest BCUT2D eigenvalue weighted by Crippen LogP contribution is 2.36. The molecule has 28 heavy (non-hydrogen) atoms. The minimum atomic E-state index is -0.413. The molecule has 2 aliphatic rings. The zero-order valence-corrected chi connectivity index (χ0v) is 16.7. The smallest absolute Gasteiger partial charge is 0.238 e. The van der Waals surface area contributed by atoms with E-state index in [0.717, 1.165) is 22.2 Å².